The van der Waals surface area contributed by atoms with E-state index in [9.17, 15) is 0 Å². The topological polar surface area (TPSA) is 0 Å². The van der Waals surface area contributed by atoms with E-state index in [4.69, 9.17) is 23.2 Å². The van der Waals surface area contributed by atoms with E-state index < -0.39 is 0 Å². The lowest BCUT2D eigenvalue weighted by Gasteiger charge is -2.15. The smallest absolute Gasteiger partial charge is 0.0887 e. The minimum absolute atomic E-state index is 0.0868. The lowest BCUT2D eigenvalue weighted by molar-refractivity contribution is 0.511. The van der Waals surface area contributed by atoms with Crippen molar-refractivity contribution in [1.29, 1.82) is 0 Å². The number of halogens is 3. The van der Waals surface area contributed by atoms with Gasteiger partial charge in [0.05, 0.1) is 14.2 Å². The number of alkyl halides is 1. The molecule has 0 aliphatic heterocycles. The van der Waals surface area contributed by atoms with Crippen LogP contribution in [0.1, 0.15) is 36.9 Å². The molecule has 0 bridgehead atoms. The number of hydrogen-bond donors (Lipinski definition) is 0. The van der Waals surface area contributed by atoms with Crippen molar-refractivity contribution in [2.24, 2.45) is 5.92 Å². The molecule has 0 spiro atoms. The molecule has 1 heterocycles. The van der Waals surface area contributed by atoms with Gasteiger partial charge in [-0.3, -0.25) is 0 Å². The van der Waals surface area contributed by atoms with Gasteiger partial charge in [0.1, 0.15) is 0 Å². The number of thiophene rings is 1. The van der Waals surface area contributed by atoms with Crippen LogP contribution >= 0.6 is 50.5 Å². The van der Waals surface area contributed by atoms with Gasteiger partial charge in [-0.25, -0.2) is 0 Å². The molecule has 1 rings (SSSR count). The highest BCUT2D eigenvalue weighted by Gasteiger charge is 2.19. The summed E-state index contributed by atoms with van der Waals surface area (Å²) in [4.78, 5) is 1.16. The van der Waals surface area contributed by atoms with E-state index in [1.807, 2.05) is 6.07 Å². The predicted molar refractivity (Wildman–Crippen MR) is 69.7 cm³/mol. The zero-order chi connectivity index (χ0) is 10.7. The summed E-state index contributed by atoms with van der Waals surface area (Å²) >= 11 is 17.3. The third kappa shape index (κ3) is 3.13. The third-order valence-electron chi connectivity index (χ3n) is 2.18. The van der Waals surface area contributed by atoms with E-state index in [-0.39, 0.29) is 5.38 Å². The van der Waals surface area contributed by atoms with Crippen LogP contribution in [-0.2, 0) is 0 Å². The predicted octanol–water partition coefficient (Wildman–Crippen LogP) is 5.88. The van der Waals surface area contributed by atoms with Crippen LogP contribution < -0.4 is 0 Å². The maximum Gasteiger partial charge on any atom is 0.0887 e. The molecule has 4 heteroatoms. The SMILES string of the molecule is CCCC(C)C(Cl)c1cc(Cl)c(Br)s1. The second-order valence-corrected chi connectivity index (χ2v) is 6.72. The summed E-state index contributed by atoms with van der Waals surface area (Å²) in [6, 6.07) is 1.96. The Morgan fingerprint density at radius 2 is 2.21 bits per heavy atom. The Hall–Kier alpha value is 0.760. The molecule has 2 unspecified atom stereocenters. The van der Waals surface area contributed by atoms with Crippen LogP contribution in [0.4, 0.5) is 0 Å². The standard InChI is InChI=1S/C10H13BrCl2S/c1-3-4-6(2)9(13)8-5-7(12)10(11)14-8/h5-6,9H,3-4H2,1-2H3. The van der Waals surface area contributed by atoms with Crippen molar-refractivity contribution in [1.82, 2.24) is 0 Å². The molecule has 0 amide bonds. The molecule has 0 aliphatic carbocycles. The quantitative estimate of drug-likeness (QED) is 0.608. The van der Waals surface area contributed by atoms with Crippen LogP contribution in [0.3, 0.4) is 0 Å². The fourth-order valence-corrected chi connectivity index (χ4v) is 3.56. The Labute approximate surface area is 108 Å². The monoisotopic (exact) mass is 314 g/mol. The number of hydrogen-bond acceptors (Lipinski definition) is 1. The molecular weight excluding hydrogens is 303 g/mol. The van der Waals surface area contributed by atoms with Crippen LogP contribution in [0.5, 0.6) is 0 Å². The van der Waals surface area contributed by atoms with Crippen molar-refractivity contribution in [3.05, 3.63) is 19.8 Å². The van der Waals surface area contributed by atoms with Gasteiger partial charge in [0.25, 0.3) is 0 Å². The van der Waals surface area contributed by atoms with E-state index in [0.29, 0.717) is 5.92 Å². The Kier molecular flexibility index (Phi) is 5.26. The van der Waals surface area contributed by atoms with E-state index in [1.54, 1.807) is 11.3 Å². The van der Waals surface area contributed by atoms with Gasteiger partial charge in [0.2, 0.25) is 0 Å². The highest BCUT2D eigenvalue weighted by molar-refractivity contribution is 9.11. The molecule has 0 aliphatic rings. The van der Waals surface area contributed by atoms with Gasteiger partial charge >= 0.3 is 0 Å². The van der Waals surface area contributed by atoms with Gasteiger partial charge in [-0.1, -0.05) is 31.9 Å². The average Bonchev–Trinajstić information content (AvgIpc) is 2.46. The average molecular weight is 316 g/mol. The van der Waals surface area contributed by atoms with Crippen LogP contribution in [0.25, 0.3) is 0 Å². The zero-order valence-electron chi connectivity index (χ0n) is 8.19. The molecule has 80 valence electrons. The summed E-state index contributed by atoms with van der Waals surface area (Å²) in [6.45, 7) is 4.36. The fourth-order valence-electron chi connectivity index (χ4n) is 1.38. The molecule has 0 saturated heterocycles. The summed E-state index contributed by atoms with van der Waals surface area (Å²) in [5.74, 6) is 0.503. The molecule has 0 nitrogen and oxygen atoms in total. The number of rotatable bonds is 4. The van der Waals surface area contributed by atoms with Gasteiger partial charge in [-0.05, 0) is 34.3 Å². The normalized spacial score (nSPS) is 15.5. The summed E-state index contributed by atoms with van der Waals surface area (Å²) in [5, 5.41) is 0.850. The van der Waals surface area contributed by atoms with Crippen molar-refractivity contribution < 1.29 is 0 Å². The highest BCUT2D eigenvalue weighted by atomic mass is 79.9. The maximum atomic E-state index is 6.35. The second-order valence-electron chi connectivity index (χ2n) is 3.44. The minimum Gasteiger partial charge on any atom is -0.130 e. The first kappa shape index (κ1) is 12.8. The third-order valence-corrected chi connectivity index (χ3v) is 5.53. The van der Waals surface area contributed by atoms with E-state index in [2.05, 4.69) is 29.8 Å². The van der Waals surface area contributed by atoms with Gasteiger partial charge in [-0.15, -0.1) is 22.9 Å². The van der Waals surface area contributed by atoms with E-state index in [1.165, 1.54) is 6.42 Å². The van der Waals surface area contributed by atoms with Gasteiger partial charge in [0.15, 0.2) is 0 Å². The molecule has 1 aromatic rings. The van der Waals surface area contributed by atoms with Crippen molar-refractivity contribution in [3.63, 3.8) is 0 Å². The summed E-state index contributed by atoms with van der Waals surface area (Å²) in [5.41, 5.74) is 0. The largest absolute Gasteiger partial charge is 0.130 e. The van der Waals surface area contributed by atoms with Crippen LogP contribution in [-0.4, -0.2) is 0 Å². The van der Waals surface area contributed by atoms with Crippen LogP contribution in [0, 0.1) is 5.92 Å². The van der Waals surface area contributed by atoms with Gasteiger partial charge in [0, 0.05) is 4.88 Å². The Morgan fingerprint density at radius 3 is 2.64 bits per heavy atom. The molecule has 0 radical (unpaired) electrons. The highest BCUT2D eigenvalue weighted by Crippen LogP contribution is 2.41. The minimum atomic E-state index is 0.0868. The Bertz CT molecular complexity index is 279. The van der Waals surface area contributed by atoms with Gasteiger partial charge in [-0.2, -0.15) is 0 Å². The lowest BCUT2D eigenvalue weighted by Crippen LogP contribution is -2.01. The molecule has 0 saturated carbocycles. The van der Waals surface area contributed by atoms with Crippen molar-refractivity contribution in [2.75, 3.05) is 0 Å². The van der Waals surface area contributed by atoms with E-state index >= 15 is 0 Å². The first-order chi connectivity index (χ1) is 6.56. The second kappa shape index (κ2) is 5.74. The first-order valence-corrected chi connectivity index (χ1v) is 7.07. The molecule has 1 aromatic heterocycles. The van der Waals surface area contributed by atoms with Crippen LogP contribution in [0.15, 0.2) is 9.85 Å². The maximum absolute atomic E-state index is 6.35. The lowest BCUT2D eigenvalue weighted by atomic mass is 10.0. The van der Waals surface area contributed by atoms with E-state index in [0.717, 1.165) is 20.1 Å². The molecule has 0 aromatic carbocycles. The van der Waals surface area contributed by atoms with Crippen molar-refractivity contribution in [3.8, 4) is 0 Å². The molecular formula is C10H13BrCl2S. The molecule has 2 atom stereocenters. The summed E-state index contributed by atoms with van der Waals surface area (Å²) < 4.78 is 0.975. The molecule has 0 fully saturated rings. The summed E-state index contributed by atoms with van der Waals surface area (Å²) in [7, 11) is 0. The van der Waals surface area contributed by atoms with Crippen molar-refractivity contribution >= 4 is 50.5 Å². The molecule has 14 heavy (non-hydrogen) atoms. The fraction of sp³-hybridized carbons (Fsp3) is 0.600. The van der Waals surface area contributed by atoms with Gasteiger partial charge < -0.3 is 0 Å². The summed E-state index contributed by atoms with van der Waals surface area (Å²) in [6.07, 6.45) is 2.33. The van der Waals surface area contributed by atoms with Crippen LogP contribution in [0.2, 0.25) is 5.02 Å². The zero-order valence-corrected chi connectivity index (χ0v) is 12.1. The Balaban J connectivity index is 2.73. The first-order valence-electron chi connectivity index (χ1n) is 4.65. The Morgan fingerprint density at radius 1 is 1.57 bits per heavy atom. The molecule has 0 N–H and O–H groups in total. The van der Waals surface area contributed by atoms with Crippen molar-refractivity contribution in [2.45, 2.75) is 32.1 Å².